The summed E-state index contributed by atoms with van der Waals surface area (Å²) in [5, 5.41) is 6.53. The van der Waals surface area contributed by atoms with Gasteiger partial charge in [-0.2, -0.15) is 0 Å². The zero-order valence-electron chi connectivity index (χ0n) is 14.4. The first-order chi connectivity index (χ1) is 12.2. The highest BCUT2D eigenvalue weighted by atomic mass is 16.5. The van der Waals surface area contributed by atoms with Gasteiger partial charge in [0.05, 0.1) is 13.2 Å². The van der Waals surface area contributed by atoms with Crippen LogP contribution < -0.4 is 10.6 Å². The molecule has 0 radical (unpaired) electrons. The Bertz CT molecular complexity index is 716. The Balaban J connectivity index is 1.55. The Morgan fingerprint density at radius 2 is 2.00 bits per heavy atom. The molecular weight excluding hydrogens is 318 g/mol. The van der Waals surface area contributed by atoms with Gasteiger partial charge in [0.1, 0.15) is 18.0 Å². The number of benzene rings is 1. The van der Waals surface area contributed by atoms with Gasteiger partial charge in [-0.1, -0.05) is 12.1 Å². The van der Waals surface area contributed by atoms with Gasteiger partial charge in [-0.25, -0.2) is 9.97 Å². The molecule has 1 aromatic heterocycles. The van der Waals surface area contributed by atoms with Crippen LogP contribution in [0.25, 0.3) is 0 Å². The summed E-state index contributed by atoms with van der Waals surface area (Å²) in [5.41, 5.74) is 1.49. The van der Waals surface area contributed by atoms with Crippen LogP contribution in [-0.2, 0) is 4.74 Å². The van der Waals surface area contributed by atoms with Crippen LogP contribution in [0.1, 0.15) is 17.3 Å². The monoisotopic (exact) mass is 341 g/mol. The molecule has 1 aliphatic rings. The van der Waals surface area contributed by atoms with Crippen molar-refractivity contribution in [1.29, 1.82) is 0 Å². The number of ether oxygens (including phenoxy) is 1. The lowest BCUT2D eigenvalue weighted by Crippen LogP contribution is -2.39. The number of rotatable bonds is 7. The second kappa shape index (κ2) is 8.55. The van der Waals surface area contributed by atoms with Crippen LogP contribution in [0.5, 0.6) is 0 Å². The third-order valence-corrected chi connectivity index (χ3v) is 4.05. The van der Waals surface area contributed by atoms with E-state index in [1.54, 1.807) is 13.0 Å². The minimum Gasteiger partial charge on any atom is -0.379 e. The van der Waals surface area contributed by atoms with E-state index in [4.69, 9.17) is 4.74 Å². The van der Waals surface area contributed by atoms with Crippen molar-refractivity contribution in [3.8, 4) is 0 Å². The summed E-state index contributed by atoms with van der Waals surface area (Å²) >= 11 is 0. The fourth-order valence-electron chi connectivity index (χ4n) is 2.65. The topological polar surface area (TPSA) is 79.4 Å². The van der Waals surface area contributed by atoms with E-state index in [1.807, 2.05) is 24.3 Å². The predicted molar refractivity (Wildman–Crippen MR) is 97.5 cm³/mol. The number of Topliss-reactive ketones (excluding diaryl/α,β-unsaturated/α-hetero) is 1. The molecule has 0 aliphatic carbocycles. The van der Waals surface area contributed by atoms with Crippen molar-refractivity contribution in [1.82, 2.24) is 14.9 Å². The van der Waals surface area contributed by atoms with Gasteiger partial charge >= 0.3 is 0 Å². The van der Waals surface area contributed by atoms with E-state index in [1.165, 1.54) is 6.33 Å². The van der Waals surface area contributed by atoms with Crippen molar-refractivity contribution in [2.24, 2.45) is 0 Å². The summed E-state index contributed by atoms with van der Waals surface area (Å²) in [7, 11) is 0. The molecular formula is C18H23N5O2. The second-order valence-corrected chi connectivity index (χ2v) is 5.93. The molecule has 2 N–H and O–H groups in total. The minimum atomic E-state index is 0.0387. The fraction of sp³-hybridized carbons (Fsp3) is 0.389. The third kappa shape index (κ3) is 5.23. The van der Waals surface area contributed by atoms with Gasteiger partial charge in [-0.05, 0) is 19.1 Å². The first kappa shape index (κ1) is 17.3. The number of carbonyl (C=O) groups is 1. The molecule has 7 heteroatoms. The number of nitrogens with one attached hydrogen (secondary N) is 2. The highest BCUT2D eigenvalue weighted by molar-refractivity contribution is 5.95. The summed E-state index contributed by atoms with van der Waals surface area (Å²) in [6.07, 6.45) is 1.52. The number of hydrogen-bond donors (Lipinski definition) is 2. The lowest BCUT2D eigenvalue weighted by Gasteiger charge is -2.26. The maximum absolute atomic E-state index is 11.5. The Morgan fingerprint density at radius 3 is 2.80 bits per heavy atom. The Hall–Kier alpha value is -2.51. The maximum Gasteiger partial charge on any atom is 0.159 e. The third-order valence-electron chi connectivity index (χ3n) is 4.05. The van der Waals surface area contributed by atoms with E-state index in [-0.39, 0.29) is 5.78 Å². The highest BCUT2D eigenvalue weighted by Gasteiger charge is 2.09. The zero-order valence-corrected chi connectivity index (χ0v) is 14.4. The van der Waals surface area contributed by atoms with E-state index < -0.39 is 0 Å². The van der Waals surface area contributed by atoms with Crippen molar-refractivity contribution in [3.63, 3.8) is 0 Å². The Morgan fingerprint density at radius 1 is 1.20 bits per heavy atom. The zero-order chi connectivity index (χ0) is 17.5. The van der Waals surface area contributed by atoms with Gasteiger partial charge in [-0.15, -0.1) is 0 Å². The molecule has 1 fully saturated rings. The lowest BCUT2D eigenvalue weighted by atomic mass is 10.1. The number of nitrogens with zero attached hydrogens (tertiary/aromatic N) is 3. The van der Waals surface area contributed by atoms with Crippen LogP contribution >= 0.6 is 0 Å². The Kier molecular flexibility index (Phi) is 5.92. The molecule has 2 heterocycles. The average Bonchev–Trinajstić information content (AvgIpc) is 2.63. The summed E-state index contributed by atoms with van der Waals surface area (Å²) in [4.78, 5) is 22.3. The quantitative estimate of drug-likeness (QED) is 0.747. The van der Waals surface area contributed by atoms with Crippen LogP contribution in [-0.4, -0.2) is 60.0 Å². The van der Waals surface area contributed by atoms with E-state index in [0.717, 1.165) is 50.9 Å². The van der Waals surface area contributed by atoms with Crippen LogP contribution in [0.2, 0.25) is 0 Å². The van der Waals surface area contributed by atoms with Crippen LogP contribution in [0.3, 0.4) is 0 Å². The van der Waals surface area contributed by atoms with Gasteiger partial charge in [0.2, 0.25) is 0 Å². The SMILES string of the molecule is CC(=O)c1cccc(Nc2cc(NCCN3CCOCC3)ncn2)c1. The number of morpholine rings is 1. The average molecular weight is 341 g/mol. The molecule has 3 rings (SSSR count). The number of aromatic nitrogens is 2. The van der Waals surface area contributed by atoms with Gasteiger partial charge in [-0.3, -0.25) is 9.69 Å². The van der Waals surface area contributed by atoms with Gasteiger partial charge in [0, 0.05) is 43.5 Å². The number of carbonyl (C=O) groups excluding carboxylic acids is 1. The maximum atomic E-state index is 11.5. The standard InChI is InChI=1S/C18H23N5O2/c1-14(24)15-3-2-4-16(11-15)22-18-12-17(20-13-21-18)19-5-6-23-7-9-25-10-8-23/h2-4,11-13H,5-10H2,1H3,(H2,19,20,21,22). The molecule has 132 valence electrons. The normalized spacial score (nSPS) is 14.9. The van der Waals surface area contributed by atoms with Crippen molar-refractivity contribution in [2.75, 3.05) is 50.0 Å². The summed E-state index contributed by atoms with van der Waals surface area (Å²) in [6.45, 7) is 6.89. The lowest BCUT2D eigenvalue weighted by molar-refractivity contribution is 0.0398. The van der Waals surface area contributed by atoms with Gasteiger partial charge in [0.15, 0.2) is 5.78 Å². The van der Waals surface area contributed by atoms with E-state index >= 15 is 0 Å². The van der Waals surface area contributed by atoms with E-state index in [9.17, 15) is 4.79 Å². The van der Waals surface area contributed by atoms with Crippen molar-refractivity contribution in [2.45, 2.75) is 6.92 Å². The second-order valence-electron chi connectivity index (χ2n) is 5.93. The highest BCUT2D eigenvalue weighted by Crippen LogP contribution is 2.17. The van der Waals surface area contributed by atoms with Crippen LogP contribution in [0, 0.1) is 0 Å². The molecule has 7 nitrogen and oxygen atoms in total. The minimum absolute atomic E-state index is 0.0387. The van der Waals surface area contributed by atoms with E-state index in [2.05, 4.69) is 25.5 Å². The first-order valence-corrected chi connectivity index (χ1v) is 8.45. The molecule has 0 spiro atoms. The van der Waals surface area contributed by atoms with E-state index in [0.29, 0.717) is 11.4 Å². The largest absolute Gasteiger partial charge is 0.379 e. The predicted octanol–water partition coefficient (Wildman–Crippen LogP) is 2.17. The smallest absolute Gasteiger partial charge is 0.159 e. The molecule has 0 bridgehead atoms. The number of ketones is 1. The first-order valence-electron chi connectivity index (χ1n) is 8.45. The van der Waals surface area contributed by atoms with Crippen molar-refractivity contribution < 1.29 is 9.53 Å². The van der Waals surface area contributed by atoms with Crippen LogP contribution in [0.4, 0.5) is 17.3 Å². The van der Waals surface area contributed by atoms with Crippen molar-refractivity contribution in [3.05, 3.63) is 42.2 Å². The summed E-state index contributed by atoms with van der Waals surface area (Å²) in [5.74, 6) is 1.50. The van der Waals surface area contributed by atoms with Gasteiger partial charge < -0.3 is 15.4 Å². The molecule has 0 saturated carbocycles. The Labute approximate surface area is 147 Å². The molecule has 1 aromatic carbocycles. The molecule has 1 saturated heterocycles. The van der Waals surface area contributed by atoms with Crippen LogP contribution in [0.15, 0.2) is 36.7 Å². The molecule has 0 unspecified atom stereocenters. The fourth-order valence-corrected chi connectivity index (χ4v) is 2.65. The molecule has 25 heavy (non-hydrogen) atoms. The molecule has 2 aromatic rings. The number of hydrogen-bond acceptors (Lipinski definition) is 7. The molecule has 0 atom stereocenters. The summed E-state index contributed by atoms with van der Waals surface area (Å²) < 4.78 is 5.35. The molecule has 1 aliphatic heterocycles. The number of anilines is 3. The molecule has 0 amide bonds. The van der Waals surface area contributed by atoms with Crippen molar-refractivity contribution >= 4 is 23.1 Å². The van der Waals surface area contributed by atoms with Gasteiger partial charge in [0.25, 0.3) is 0 Å². The summed E-state index contributed by atoms with van der Waals surface area (Å²) in [6, 6.07) is 9.23.